The SMILES string of the molecule is CCC1CCCCC1N(CC(N)=O)C1CCNCC1. The van der Waals surface area contributed by atoms with Crippen molar-refractivity contribution in [2.75, 3.05) is 19.6 Å². The third-order valence-corrected chi connectivity index (χ3v) is 4.94. The molecule has 1 saturated heterocycles. The van der Waals surface area contributed by atoms with Gasteiger partial charge in [-0.15, -0.1) is 0 Å². The molecule has 19 heavy (non-hydrogen) atoms. The van der Waals surface area contributed by atoms with E-state index in [4.69, 9.17) is 5.73 Å². The third kappa shape index (κ3) is 3.93. The van der Waals surface area contributed by atoms with E-state index in [9.17, 15) is 4.79 Å². The van der Waals surface area contributed by atoms with Crippen molar-refractivity contribution in [1.82, 2.24) is 10.2 Å². The largest absolute Gasteiger partial charge is 0.369 e. The minimum absolute atomic E-state index is 0.168. The molecule has 1 heterocycles. The lowest BCUT2D eigenvalue weighted by Gasteiger charge is -2.44. The predicted octanol–water partition coefficient (Wildman–Crippen LogP) is 1.49. The van der Waals surface area contributed by atoms with Gasteiger partial charge in [0.25, 0.3) is 0 Å². The molecule has 2 fully saturated rings. The van der Waals surface area contributed by atoms with Gasteiger partial charge in [0.2, 0.25) is 5.91 Å². The van der Waals surface area contributed by atoms with Crippen LogP contribution in [-0.2, 0) is 4.79 Å². The summed E-state index contributed by atoms with van der Waals surface area (Å²) in [6.45, 7) is 4.88. The normalized spacial score (nSPS) is 29.6. The van der Waals surface area contributed by atoms with Crippen molar-refractivity contribution < 1.29 is 4.79 Å². The van der Waals surface area contributed by atoms with E-state index in [0.29, 0.717) is 18.6 Å². The summed E-state index contributed by atoms with van der Waals surface area (Å²) in [7, 11) is 0. The Bertz CT molecular complexity index is 289. The monoisotopic (exact) mass is 267 g/mol. The van der Waals surface area contributed by atoms with Crippen LogP contribution in [0.15, 0.2) is 0 Å². The number of nitrogens with two attached hydrogens (primary N) is 1. The zero-order valence-corrected chi connectivity index (χ0v) is 12.2. The highest BCUT2D eigenvalue weighted by molar-refractivity contribution is 5.76. The van der Waals surface area contributed by atoms with Crippen molar-refractivity contribution in [3.8, 4) is 0 Å². The van der Waals surface area contributed by atoms with Gasteiger partial charge in [0.15, 0.2) is 0 Å². The Morgan fingerprint density at radius 1 is 1.21 bits per heavy atom. The zero-order valence-electron chi connectivity index (χ0n) is 12.2. The number of hydrogen-bond donors (Lipinski definition) is 2. The second kappa shape index (κ2) is 7.25. The first-order valence-corrected chi connectivity index (χ1v) is 7.97. The summed E-state index contributed by atoms with van der Waals surface area (Å²) in [5, 5.41) is 3.41. The Morgan fingerprint density at radius 3 is 2.53 bits per heavy atom. The van der Waals surface area contributed by atoms with Gasteiger partial charge in [-0.1, -0.05) is 26.2 Å². The highest BCUT2D eigenvalue weighted by atomic mass is 16.1. The maximum absolute atomic E-state index is 11.5. The van der Waals surface area contributed by atoms with Crippen LogP contribution < -0.4 is 11.1 Å². The van der Waals surface area contributed by atoms with Crippen molar-refractivity contribution in [1.29, 1.82) is 0 Å². The number of piperidine rings is 1. The second-order valence-electron chi connectivity index (χ2n) is 6.14. The van der Waals surface area contributed by atoms with E-state index in [1.165, 1.54) is 32.1 Å². The molecule has 0 radical (unpaired) electrons. The van der Waals surface area contributed by atoms with Gasteiger partial charge < -0.3 is 11.1 Å². The molecule has 1 aliphatic heterocycles. The highest BCUT2D eigenvalue weighted by Crippen LogP contribution is 2.32. The van der Waals surface area contributed by atoms with Gasteiger partial charge in [0.05, 0.1) is 6.54 Å². The number of primary amides is 1. The van der Waals surface area contributed by atoms with E-state index >= 15 is 0 Å². The van der Waals surface area contributed by atoms with Crippen LogP contribution in [0, 0.1) is 5.92 Å². The standard InChI is InChI=1S/C15H29N3O/c1-2-12-5-3-4-6-14(12)18(11-15(16)19)13-7-9-17-10-8-13/h12-14,17H,2-11H2,1H3,(H2,16,19). The molecule has 0 aromatic rings. The van der Waals surface area contributed by atoms with Gasteiger partial charge in [-0.3, -0.25) is 9.69 Å². The molecule has 1 aliphatic carbocycles. The van der Waals surface area contributed by atoms with Gasteiger partial charge in [-0.2, -0.15) is 0 Å². The molecular formula is C15H29N3O. The average Bonchev–Trinajstić information content (AvgIpc) is 2.45. The number of nitrogens with one attached hydrogen (secondary N) is 1. The molecule has 1 saturated carbocycles. The van der Waals surface area contributed by atoms with Crippen molar-refractivity contribution >= 4 is 5.91 Å². The van der Waals surface area contributed by atoms with Crippen molar-refractivity contribution in [2.24, 2.45) is 11.7 Å². The summed E-state index contributed by atoms with van der Waals surface area (Å²) in [6.07, 6.45) is 8.76. The molecular weight excluding hydrogens is 238 g/mol. The predicted molar refractivity (Wildman–Crippen MR) is 77.8 cm³/mol. The smallest absolute Gasteiger partial charge is 0.231 e. The number of carbonyl (C=O) groups is 1. The quantitative estimate of drug-likeness (QED) is 0.793. The molecule has 4 heteroatoms. The Labute approximate surface area is 117 Å². The maximum atomic E-state index is 11.5. The fourth-order valence-corrected chi connectivity index (χ4v) is 3.94. The topological polar surface area (TPSA) is 58.4 Å². The summed E-state index contributed by atoms with van der Waals surface area (Å²) >= 11 is 0. The minimum atomic E-state index is -0.168. The van der Waals surface area contributed by atoms with Crippen LogP contribution in [0.25, 0.3) is 0 Å². The lowest BCUT2D eigenvalue weighted by Crippen LogP contribution is -2.54. The van der Waals surface area contributed by atoms with Gasteiger partial charge in [0.1, 0.15) is 0 Å². The van der Waals surface area contributed by atoms with E-state index in [0.717, 1.165) is 31.8 Å². The van der Waals surface area contributed by atoms with E-state index in [-0.39, 0.29) is 5.91 Å². The second-order valence-corrected chi connectivity index (χ2v) is 6.14. The molecule has 0 bridgehead atoms. The van der Waals surface area contributed by atoms with Crippen LogP contribution in [0.5, 0.6) is 0 Å². The number of carbonyl (C=O) groups excluding carboxylic acids is 1. The van der Waals surface area contributed by atoms with Crippen molar-refractivity contribution in [3.05, 3.63) is 0 Å². The van der Waals surface area contributed by atoms with E-state index < -0.39 is 0 Å². The first-order valence-electron chi connectivity index (χ1n) is 7.97. The van der Waals surface area contributed by atoms with Crippen LogP contribution in [0.2, 0.25) is 0 Å². The fraction of sp³-hybridized carbons (Fsp3) is 0.933. The summed E-state index contributed by atoms with van der Waals surface area (Å²) in [4.78, 5) is 13.9. The first kappa shape index (κ1) is 14.8. The van der Waals surface area contributed by atoms with Crippen LogP contribution >= 0.6 is 0 Å². The molecule has 0 aromatic heterocycles. The average molecular weight is 267 g/mol. The molecule has 2 aliphatic rings. The molecule has 0 aromatic carbocycles. The number of rotatable bonds is 5. The number of nitrogens with zero attached hydrogens (tertiary/aromatic N) is 1. The summed E-state index contributed by atoms with van der Waals surface area (Å²) in [5.41, 5.74) is 5.50. The summed E-state index contributed by atoms with van der Waals surface area (Å²) < 4.78 is 0. The number of amides is 1. The van der Waals surface area contributed by atoms with Crippen molar-refractivity contribution in [2.45, 2.75) is 64.0 Å². The van der Waals surface area contributed by atoms with Crippen LogP contribution in [-0.4, -0.2) is 42.5 Å². The van der Waals surface area contributed by atoms with Gasteiger partial charge in [-0.05, 0) is 44.7 Å². The van der Waals surface area contributed by atoms with Gasteiger partial charge in [-0.25, -0.2) is 0 Å². The maximum Gasteiger partial charge on any atom is 0.231 e. The van der Waals surface area contributed by atoms with Crippen LogP contribution in [0.1, 0.15) is 51.9 Å². The molecule has 2 rings (SSSR count). The van der Waals surface area contributed by atoms with Gasteiger partial charge >= 0.3 is 0 Å². The van der Waals surface area contributed by atoms with Crippen molar-refractivity contribution in [3.63, 3.8) is 0 Å². The summed E-state index contributed by atoms with van der Waals surface area (Å²) in [6, 6.07) is 1.13. The van der Waals surface area contributed by atoms with Crippen LogP contribution in [0.4, 0.5) is 0 Å². The molecule has 3 N–H and O–H groups in total. The van der Waals surface area contributed by atoms with E-state index in [1.807, 2.05) is 0 Å². The third-order valence-electron chi connectivity index (χ3n) is 4.94. The lowest BCUT2D eigenvalue weighted by atomic mass is 9.80. The van der Waals surface area contributed by atoms with E-state index in [2.05, 4.69) is 17.1 Å². The molecule has 4 nitrogen and oxygen atoms in total. The van der Waals surface area contributed by atoms with Gasteiger partial charge in [0, 0.05) is 12.1 Å². The number of hydrogen-bond acceptors (Lipinski definition) is 3. The highest BCUT2D eigenvalue weighted by Gasteiger charge is 2.34. The van der Waals surface area contributed by atoms with Crippen LogP contribution in [0.3, 0.4) is 0 Å². The molecule has 2 unspecified atom stereocenters. The Kier molecular flexibility index (Phi) is 5.64. The molecule has 2 atom stereocenters. The Balaban J connectivity index is 2.07. The molecule has 110 valence electrons. The zero-order chi connectivity index (χ0) is 13.7. The minimum Gasteiger partial charge on any atom is -0.369 e. The first-order chi connectivity index (χ1) is 9.22. The van der Waals surface area contributed by atoms with E-state index in [1.54, 1.807) is 0 Å². The summed E-state index contributed by atoms with van der Waals surface area (Å²) in [5.74, 6) is 0.585. The molecule has 0 spiro atoms. The lowest BCUT2D eigenvalue weighted by molar-refractivity contribution is -0.121. The fourth-order valence-electron chi connectivity index (χ4n) is 3.94. The molecule has 1 amide bonds. The Morgan fingerprint density at radius 2 is 1.89 bits per heavy atom. The Hall–Kier alpha value is -0.610.